The fourth-order valence-electron chi connectivity index (χ4n) is 1.24. The van der Waals surface area contributed by atoms with Gasteiger partial charge in [0.15, 0.2) is 0 Å². The van der Waals surface area contributed by atoms with Gasteiger partial charge in [0, 0.05) is 11.4 Å². The van der Waals surface area contributed by atoms with Gasteiger partial charge in [0.25, 0.3) is 0 Å². The van der Waals surface area contributed by atoms with E-state index in [1.54, 1.807) is 0 Å². The maximum atomic E-state index is 5.58. The average molecular weight is 173 g/mol. The Balaban J connectivity index is 2.41. The third-order valence-corrected chi connectivity index (χ3v) is 1.93. The number of benzene rings is 1. The Bertz CT molecular complexity index is 400. The van der Waals surface area contributed by atoms with Crippen molar-refractivity contribution in [1.82, 2.24) is 4.98 Å². The number of nitrogen functional groups attached to an aromatic ring is 2. The molecule has 0 aliphatic carbocycles. The number of nitrogens with one attached hydrogen (secondary N) is 1. The van der Waals surface area contributed by atoms with Crippen molar-refractivity contribution in [3.05, 3.63) is 36.4 Å². The first-order chi connectivity index (χ1) is 6.25. The number of rotatable bonds is 1. The molecular formula is C10H11N3. The fraction of sp³-hybridized carbons (Fsp3) is 0. The van der Waals surface area contributed by atoms with Crippen LogP contribution in [0.2, 0.25) is 0 Å². The van der Waals surface area contributed by atoms with Crippen LogP contribution < -0.4 is 11.5 Å². The minimum atomic E-state index is 0.673. The van der Waals surface area contributed by atoms with Gasteiger partial charge in [0.2, 0.25) is 0 Å². The highest BCUT2D eigenvalue weighted by Crippen LogP contribution is 2.20. The summed E-state index contributed by atoms with van der Waals surface area (Å²) in [6, 6.07) is 11.4. The summed E-state index contributed by atoms with van der Waals surface area (Å²) in [5.74, 6) is 0.673. The lowest BCUT2D eigenvalue weighted by Crippen LogP contribution is -1.85. The Morgan fingerprint density at radius 1 is 0.846 bits per heavy atom. The lowest BCUT2D eigenvalue weighted by atomic mass is 10.1. The summed E-state index contributed by atoms with van der Waals surface area (Å²) >= 11 is 0. The minimum Gasteiger partial charge on any atom is -0.399 e. The van der Waals surface area contributed by atoms with Gasteiger partial charge < -0.3 is 16.5 Å². The molecule has 1 aromatic heterocycles. The standard InChI is InChI=1S/C10H11N3/c11-8-3-1-7(2-4-8)9-5-6-10(12)13-9/h1-6,13H,11-12H2. The van der Waals surface area contributed by atoms with Crippen LogP contribution in [-0.4, -0.2) is 4.98 Å². The number of hydrogen-bond acceptors (Lipinski definition) is 2. The van der Waals surface area contributed by atoms with E-state index in [4.69, 9.17) is 11.5 Å². The van der Waals surface area contributed by atoms with Crippen LogP contribution in [0.15, 0.2) is 36.4 Å². The van der Waals surface area contributed by atoms with Crippen molar-refractivity contribution < 1.29 is 0 Å². The Hall–Kier alpha value is -1.90. The molecule has 1 aromatic carbocycles. The molecule has 0 aliphatic rings. The van der Waals surface area contributed by atoms with Crippen molar-refractivity contribution in [3.8, 4) is 11.3 Å². The van der Waals surface area contributed by atoms with E-state index in [-0.39, 0.29) is 0 Å². The fourth-order valence-corrected chi connectivity index (χ4v) is 1.24. The Labute approximate surface area is 76.4 Å². The highest BCUT2D eigenvalue weighted by Gasteiger charge is 1.98. The minimum absolute atomic E-state index is 0.673. The van der Waals surface area contributed by atoms with Gasteiger partial charge >= 0.3 is 0 Å². The third kappa shape index (κ3) is 1.49. The molecular weight excluding hydrogens is 162 g/mol. The molecule has 66 valence electrons. The first-order valence-electron chi connectivity index (χ1n) is 4.06. The quantitative estimate of drug-likeness (QED) is 0.576. The van der Waals surface area contributed by atoms with E-state index in [9.17, 15) is 0 Å². The van der Waals surface area contributed by atoms with Crippen LogP contribution in [0.3, 0.4) is 0 Å². The van der Waals surface area contributed by atoms with Crippen LogP contribution in [0, 0.1) is 0 Å². The molecule has 13 heavy (non-hydrogen) atoms. The van der Waals surface area contributed by atoms with Gasteiger partial charge in [-0.1, -0.05) is 12.1 Å². The summed E-state index contributed by atoms with van der Waals surface area (Å²) in [6.45, 7) is 0. The molecule has 0 bridgehead atoms. The van der Waals surface area contributed by atoms with Gasteiger partial charge in [-0.2, -0.15) is 0 Å². The number of anilines is 2. The predicted molar refractivity (Wildman–Crippen MR) is 55.1 cm³/mol. The van der Waals surface area contributed by atoms with Gasteiger partial charge in [-0.25, -0.2) is 0 Å². The zero-order chi connectivity index (χ0) is 9.26. The normalized spacial score (nSPS) is 10.2. The van der Waals surface area contributed by atoms with E-state index in [1.165, 1.54) is 0 Å². The van der Waals surface area contributed by atoms with E-state index >= 15 is 0 Å². The highest BCUT2D eigenvalue weighted by atomic mass is 14.8. The monoisotopic (exact) mass is 173 g/mol. The number of aromatic nitrogens is 1. The summed E-state index contributed by atoms with van der Waals surface area (Å²) in [5.41, 5.74) is 14.0. The summed E-state index contributed by atoms with van der Waals surface area (Å²) in [7, 11) is 0. The van der Waals surface area contributed by atoms with Crippen molar-refractivity contribution >= 4 is 11.5 Å². The van der Waals surface area contributed by atoms with E-state index in [1.807, 2.05) is 36.4 Å². The number of nitrogens with two attached hydrogens (primary N) is 2. The van der Waals surface area contributed by atoms with E-state index in [0.29, 0.717) is 5.82 Å². The molecule has 3 nitrogen and oxygen atoms in total. The summed E-state index contributed by atoms with van der Waals surface area (Å²) in [6.07, 6.45) is 0. The Kier molecular flexibility index (Phi) is 1.70. The molecule has 2 rings (SSSR count). The summed E-state index contributed by atoms with van der Waals surface area (Å²) < 4.78 is 0. The van der Waals surface area contributed by atoms with Crippen LogP contribution in [-0.2, 0) is 0 Å². The van der Waals surface area contributed by atoms with Crippen LogP contribution in [0.5, 0.6) is 0 Å². The van der Waals surface area contributed by atoms with E-state index < -0.39 is 0 Å². The summed E-state index contributed by atoms with van der Waals surface area (Å²) in [5, 5.41) is 0. The van der Waals surface area contributed by atoms with Crippen LogP contribution >= 0.6 is 0 Å². The van der Waals surface area contributed by atoms with Crippen molar-refractivity contribution in [3.63, 3.8) is 0 Å². The van der Waals surface area contributed by atoms with Crippen LogP contribution in [0.4, 0.5) is 11.5 Å². The molecule has 3 heteroatoms. The molecule has 0 saturated heterocycles. The maximum Gasteiger partial charge on any atom is 0.101 e. The van der Waals surface area contributed by atoms with Gasteiger partial charge in [0.05, 0.1) is 0 Å². The van der Waals surface area contributed by atoms with Crippen molar-refractivity contribution in [2.24, 2.45) is 0 Å². The second-order valence-corrected chi connectivity index (χ2v) is 2.95. The first-order valence-corrected chi connectivity index (χ1v) is 4.06. The van der Waals surface area contributed by atoms with Gasteiger partial charge in [-0.15, -0.1) is 0 Å². The van der Waals surface area contributed by atoms with Crippen molar-refractivity contribution in [2.75, 3.05) is 11.5 Å². The Morgan fingerprint density at radius 3 is 2.08 bits per heavy atom. The third-order valence-electron chi connectivity index (χ3n) is 1.93. The van der Waals surface area contributed by atoms with E-state index in [2.05, 4.69) is 4.98 Å². The number of H-pyrrole nitrogens is 1. The predicted octanol–water partition coefficient (Wildman–Crippen LogP) is 1.85. The molecule has 0 amide bonds. The second kappa shape index (κ2) is 2.86. The lowest BCUT2D eigenvalue weighted by molar-refractivity contribution is 1.40. The molecule has 0 spiro atoms. The van der Waals surface area contributed by atoms with Crippen LogP contribution in [0.25, 0.3) is 11.3 Å². The molecule has 0 aliphatic heterocycles. The average Bonchev–Trinajstić information content (AvgIpc) is 2.53. The first kappa shape index (κ1) is 7.73. The molecule has 2 aromatic rings. The number of aromatic amines is 1. The van der Waals surface area contributed by atoms with Crippen molar-refractivity contribution in [2.45, 2.75) is 0 Å². The highest BCUT2D eigenvalue weighted by molar-refractivity contribution is 5.64. The molecule has 0 saturated carbocycles. The second-order valence-electron chi connectivity index (χ2n) is 2.95. The van der Waals surface area contributed by atoms with Crippen molar-refractivity contribution in [1.29, 1.82) is 0 Å². The molecule has 0 atom stereocenters. The zero-order valence-electron chi connectivity index (χ0n) is 7.12. The molecule has 5 N–H and O–H groups in total. The van der Waals surface area contributed by atoms with Crippen LogP contribution in [0.1, 0.15) is 0 Å². The van der Waals surface area contributed by atoms with Gasteiger partial charge in [0.1, 0.15) is 5.82 Å². The molecule has 0 fully saturated rings. The van der Waals surface area contributed by atoms with Gasteiger partial charge in [-0.05, 0) is 29.8 Å². The van der Waals surface area contributed by atoms with Gasteiger partial charge in [-0.3, -0.25) is 0 Å². The lowest BCUT2D eigenvalue weighted by Gasteiger charge is -1.98. The topological polar surface area (TPSA) is 67.8 Å². The Morgan fingerprint density at radius 2 is 1.54 bits per heavy atom. The number of hydrogen-bond donors (Lipinski definition) is 3. The largest absolute Gasteiger partial charge is 0.399 e. The molecule has 0 unspecified atom stereocenters. The molecule has 1 heterocycles. The molecule has 0 radical (unpaired) electrons. The zero-order valence-corrected chi connectivity index (χ0v) is 7.12. The smallest absolute Gasteiger partial charge is 0.101 e. The summed E-state index contributed by atoms with van der Waals surface area (Å²) in [4.78, 5) is 3.05. The maximum absolute atomic E-state index is 5.58. The SMILES string of the molecule is Nc1ccc(-c2ccc(N)[nH]2)cc1. The van der Waals surface area contributed by atoms with E-state index in [0.717, 1.165) is 16.9 Å².